The Labute approximate surface area is 102 Å². The second kappa shape index (κ2) is 7.68. The van der Waals surface area contributed by atoms with E-state index in [4.69, 9.17) is 9.47 Å². The van der Waals surface area contributed by atoms with Gasteiger partial charge in [0, 0.05) is 19.4 Å². The minimum absolute atomic E-state index is 0.405. The van der Waals surface area contributed by atoms with E-state index < -0.39 is 6.09 Å². The lowest BCUT2D eigenvalue weighted by atomic mass is 10.2. The van der Waals surface area contributed by atoms with Gasteiger partial charge in [0.1, 0.15) is 0 Å². The van der Waals surface area contributed by atoms with Gasteiger partial charge in [0.05, 0.1) is 6.61 Å². The molecular formula is C13H18NO3. The summed E-state index contributed by atoms with van der Waals surface area (Å²) in [4.78, 5) is 11.3. The van der Waals surface area contributed by atoms with Gasteiger partial charge in [-0.05, 0) is 37.5 Å². The SMILES string of the molecule is [CH2]c1ccc(NC(=O)OCCCCOC)cc1. The third-order valence-corrected chi connectivity index (χ3v) is 2.18. The van der Waals surface area contributed by atoms with Crippen LogP contribution in [0.4, 0.5) is 10.5 Å². The van der Waals surface area contributed by atoms with Crippen molar-refractivity contribution in [2.24, 2.45) is 0 Å². The number of carbonyl (C=O) groups is 1. The van der Waals surface area contributed by atoms with Gasteiger partial charge in [-0.25, -0.2) is 4.79 Å². The monoisotopic (exact) mass is 236 g/mol. The quantitative estimate of drug-likeness (QED) is 0.772. The highest BCUT2D eigenvalue weighted by Crippen LogP contribution is 2.08. The van der Waals surface area contributed by atoms with Crippen LogP contribution < -0.4 is 5.32 Å². The van der Waals surface area contributed by atoms with Crippen LogP contribution >= 0.6 is 0 Å². The van der Waals surface area contributed by atoms with Crippen LogP contribution in [0.3, 0.4) is 0 Å². The van der Waals surface area contributed by atoms with Crippen molar-refractivity contribution in [3.8, 4) is 0 Å². The summed E-state index contributed by atoms with van der Waals surface area (Å²) in [7, 11) is 1.65. The van der Waals surface area contributed by atoms with Gasteiger partial charge in [0.2, 0.25) is 0 Å². The van der Waals surface area contributed by atoms with Crippen LogP contribution in [-0.4, -0.2) is 26.4 Å². The van der Waals surface area contributed by atoms with Crippen molar-refractivity contribution >= 4 is 11.8 Å². The summed E-state index contributed by atoms with van der Waals surface area (Å²) in [6.07, 6.45) is 1.26. The molecule has 1 radical (unpaired) electrons. The number of methoxy groups -OCH3 is 1. The molecule has 93 valence electrons. The number of hydrogen-bond donors (Lipinski definition) is 1. The van der Waals surface area contributed by atoms with E-state index in [1.54, 1.807) is 19.2 Å². The number of hydrogen-bond acceptors (Lipinski definition) is 3. The molecule has 0 heterocycles. The summed E-state index contributed by atoms with van der Waals surface area (Å²) in [6, 6.07) is 7.23. The molecule has 1 aromatic rings. The molecule has 0 aliphatic carbocycles. The predicted octanol–water partition coefficient (Wildman–Crippen LogP) is 2.84. The Morgan fingerprint density at radius 3 is 2.53 bits per heavy atom. The Balaban J connectivity index is 2.18. The number of ether oxygens (including phenoxy) is 2. The van der Waals surface area contributed by atoms with E-state index in [0.717, 1.165) is 18.4 Å². The van der Waals surface area contributed by atoms with Crippen LogP contribution in [0, 0.1) is 6.92 Å². The van der Waals surface area contributed by atoms with Gasteiger partial charge in [0.15, 0.2) is 0 Å². The van der Waals surface area contributed by atoms with Crippen LogP contribution in [0.1, 0.15) is 18.4 Å². The molecule has 0 spiro atoms. The molecule has 1 aromatic carbocycles. The number of anilines is 1. The Kier molecular flexibility index (Phi) is 6.10. The van der Waals surface area contributed by atoms with Crippen LogP contribution in [0.5, 0.6) is 0 Å². The third-order valence-electron chi connectivity index (χ3n) is 2.18. The average Bonchev–Trinajstić information content (AvgIpc) is 2.32. The van der Waals surface area contributed by atoms with E-state index in [9.17, 15) is 4.79 Å². The van der Waals surface area contributed by atoms with Crippen molar-refractivity contribution in [3.63, 3.8) is 0 Å². The van der Waals surface area contributed by atoms with Crippen LogP contribution in [0.2, 0.25) is 0 Å². The molecule has 0 aliphatic rings. The van der Waals surface area contributed by atoms with Gasteiger partial charge in [-0.1, -0.05) is 12.1 Å². The molecule has 0 fully saturated rings. The van der Waals surface area contributed by atoms with Gasteiger partial charge in [-0.15, -0.1) is 0 Å². The van der Waals surface area contributed by atoms with Crippen molar-refractivity contribution in [2.75, 3.05) is 25.6 Å². The molecule has 4 heteroatoms. The Hall–Kier alpha value is -1.55. The summed E-state index contributed by atoms with van der Waals surface area (Å²) in [5, 5.41) is 2.64. The van der Waals surface area contributed by atoms with Gasteiger partial charge in [-0.2, -0.15) is 0 Å². The van der Waals surface area contributed by atoms with Gasteiger partial charge in [-0.3, -0.25) is 5.32 Å². The highest BCUT2D eigenvalue weighted by atomic mass is 16.5. The molecule has 17 heavy (non-hydrogen) atoms. The molecule has 1 N–H and O–H groups in total. The first kappa shape index (κ1) is 13.5. The first-order valence-electron chi connectivity index (χ1n) is 5.57. The summed E-state index contributed by atoms with van der Waals surface area (Å²) in [6.45, 7) is 4.86. The lowest BCUT2D eigenvalue weighted by molar-refractivity contribution is 0.148. The minimum atomic E-state index is -0.431. The Morgan fingerprint density at radius 2 is 1.88 bits per heavy atom. The lowest BCUT2D eigenvalue weighted by Crippen LogP contribution is -2.14. The molecule has 0 unspecified atom stereocenters. The first-order chi connectivity index (χ1) is 8.22. The maximum absolute atomic E-state index is 11.3. The predicted molar refractivity (Wildman–Crippen MR) is 67.0 cm³/mol. The van der Waals surface area contributed by atoms with E-state index >= 15 is 0 Å². The average molecular weight is 236 g/mol. The standard InChI is InChI=1S/C13H18NO3/c1-11-5-7-12(8-6-11)14-13(15)17-10-4-3-9-16-2/h5-8H,1,3-4,9-10H2,2H3,(H,14,15). The molecule has 0 atom stereocenters. The number of nitrogens with one attached hydrogen (secondary N) is 1. The van der Waals surface area contributed by atoms with E-state index in [1.165, 1.54) is 0 Å². The summed E-state index contributed by atoms with van der Waals surface area (Å²) < 4.78 is 9.90. The molecule has 4 nitrogen and oxygen atoms in total. The maximum atomic E-state index is 11.3. The van der Waals surface area contributed by atoms with Crippen molar-refractivity contribution in [1.82, 2.24) is 0 Å². The molecule has 0 bridgehead atoms. The topological polar surface area (TPSA) is 47.6 Å². The minimum Gasteiger partial charge on any atom is -0.449 e. The fourth-order valence-electron chi connectivity index (χ4n) is 1.26. The number of unbranched alkanes of at least 4 members (excludes halogenated alkanes) is 1. The van der Waals surface area contributed by atoms with Crippen molar-refractivity contribution in [3.05, 3.63) is 36.8 Å². The smallest absolute Gasteiger partial charge is 0.411 e. The molecule has 0 saturated carbocycles. The maximum Gasteiger partial charge on any atom is 0.411 e. The molecule has 0 aliphatic heterocycles. The van der Waals surface area contributed by atoms with Crippen molar-refractivity contribution in [1.29, 1.82) is 0 Å². The summed E-state index contributed by atoms with van der Waals surface area (Å²) in [5.41, 5.74) is 1.61. The van der Waals surface area contributed by atoms with E-state index in [0.29, 0.717) is 18.9 Å². The number of amides is 1. The van der Waals surface area contributed by atoms with Gasteiger partial charge >= 0.3 is 6.09 Å². The largest absolute Gasteiger partial charge is 0.449 e. The van der Waals surface area contributed by atoms with Crippen LogP contribution in [0.25, 0.3) is 0 Å². The molecule has 1 amide bonds. The fraction of sp³-hybridized carbons (Fsp3) is 0.385. The molecular weight excluding hydrogens is 218 g/mol. The fourth-order valence-corrected chi connectivity index (χ4v) is 1.26. The summed E-state index contributed by atoms with van der Waals surface area (Å²) >= 11 is 0. The van der Waals surface area contributed by atoms with Crippen LogP contribution in [-0.2, 0) is 9.47 Å². The molecule has 0 aromatic heterocycles. The van der Waals surface area contributed by atoms with Crippen LogP contribution in [0.15, 0.2) is 24.3 Å². The van der Waals surface area contributed by atoms with Gasteiger partial charge < -0.3 is 9.47 Å². The van der Waals surface area contributed by atoms with Crippen molar-refractivity contribution in [2.45, 2.75) is 12.8 Å². The highest BCUT2D eigenvalue weighted by Gasteiger charge is 2.02. The van der Waals surface area contributed by atoms with Crippen molar-refractivity contribution < 1.29 is 14.3 Å². The third kappa shape index (κ3) is 5.92. The summed E-state index contributed by atoms with van der Waals surface area (Å²) in [5.74, 6) is 0. The zero-order valence-electron chi connectivity index (χ0n) is 10.1. The Morgan fingerprint density at radius 1 is 1.24 bits per heavy atom. The normalized spacial score (nSPS) is 10.0. The van der Waals surface area contributed by atoms with Gasteiger partial charge in [0.25, 0.3) is 0 Å². The van der Waals surface area contributed by atoms with E-state index in [1.807, 2.05) is 12.1 Å². The second-order valence-corrected chi connectivity index (χ2v) is 3.66. The zero-order chi connectivity index (χ0) is 12.5. The van der Waals surface area contributed by atoms with E-state index in [2.05, 4.69) is 12.2 Å². The second-order valence-electron chi connectivity index (χ2n) is 3.66. The lowest BCUT2D eigenvalue weighted by Gasteiger charge is -2.06. The highest BCUT2D eigenvalue weighted by molar-refractivity contribution is 5.84. The number of rotatable bonds is 6. The Bertz CT molecular complexity index is 335. The molecule has 0 saturated heterocycles. The van der Waals surface area contributed by atoms with E-state index in [-0.39, 0.29) is 0 Å². The first-order valence-corrected chi connectivity index (χ1v) is 5.57. The molecule has 1 rings (SSSR count). The number of benzene rings is 1. The number of carbonyl (C=O) groups excluding carboxylic acids is 1. The zero-order valence-corrected chi connectivity index (χ0v) is 10.1.